The highest BCUT2D eigenvalue weighted by atomic mass is 16.4. The van der Waals surface area contributed by atoms with Crippen molar-refractivity contribution >= 4 is 11.9 Å². The van der Waals surface area contributed by atoms with Gasteiger partial charge in [0.15, 0.2) is 0 Å². The van der Waals surface area contributed by atoms with E-state index in [9.17, 15) is 9.59 Å². The van der Waals surface area contributed by atoms with Gasteiger partial charge in [0, 0.05) is 12.5 Å². The first-order valence-corrected chi connectivity index (χ1v) is 7.55. The van der Waals surface area contributed by atoms with Crippen LogP contribution < -0.4 is 0 Å². The summed E-state index contributed by atoms with van der Waals surface area (Å²) >= 11 is 0. The van der Waals surface area contributed by atoms with Crippen molar-refractivity contribution in [3.63, 3.8) is 0 Å². The summed E-state index contributed by atoms with van der Waals surface area (Å²) in [5, 5.41) is 8.90. The van der Waals surface area contributed by atoms with Crippen molar-refractivity contribution in [3.05, 3.63) is 0 Å². The summed E-state index contributed by atoms with van der Waals surface area (Å²) in [6.45, 7) is 3.73. The van der Waals surface area contributed by atoms with Crippen LogP contribution in [0.1, 0.15) is 65.2 Å². The lowest BCUT2D eigenvalue weighted by atomic mass is 9.86. The zero-order valence-corrected chi connectivity index (χ0v) is 12.2. The molecule has 1 aliphatic carbocycles. The third-order valence-electron chi connectivity index (χ3n) is 4.24. The molecule has 1 unspecified atom stereocenters. The minimum absolute atomic E-state index is 0.00215. The first-order valence-electron chi connectivity index (χ1n) is 7.55. The number of carboxylic acid groups (broad SMARTS) is 1. The smallest absolute Gasteiger partial charge is 0.323 e. The molecular weight excluding hydrogens is 242 g/mol. The fraction of sp³-hybridized carbons (Fsp3) is 0.867. The Morgan fingerprint density at radius 2 is 1.89 bits per heavy atom. The maximum Gasteiger partial charge on any atom is 0.323 e. The Morgan fingerprint density at radius 1 is 1.26 bits per heavy atom. The van der Waals surface area contributed by atoms with Crippen LogP contribution in [-0.2, 0) is 9.59 Å². The van der Waals surface area contributed by atoms with E-state index < -0.39 is 5.97 Å². The van der Waals surface area contributed by atoms with E-state index in [1.54, 1.807) is 0 Å². The average Bonchev–Trinajstić information content (AvgIpc) is 2.42. The van der Waals surface area contributed by atoms with Crippen molar-refractivity contribution < 1.29 is 14.7 Å². The second kappa shape index (κ2) is 8.18. The molecule has 1 N–H and O–H groups in total. The molecule has 0 aromatic heterocycles. The van der Waals surface area contributed by atoms with Crippen molar-refractivity contribution in [1.82, 2.24) is 4.90 Å². The Labute approximate surface area is 116 Å². The van der Waals surface area contributed by atoms with E-state index in [4.69, 9.17) is 5.11 Å². The minimum atomic E-state index is -0.925. The molecule has 4 nitrogen and oxygen atoms in total. The van der Waals surface area contributed by atoms with Gasteiger partial charge in [-0.3, -0.25) is 9.59 Å². The molecule has 1 rings (SSSR count). The van der Waals surface area contributed by atoms with Crippen LogP contribution in [0.25, 0.3) is 0 Å². The van der Waals surface area contributed by atoms with Crippen LogP contribution in [0, 0.1) is 5.92 Å². The normalized spacial score (nSPS) is 18.0. The molecule has 110 valence electrons. The van der Waals surface area contributed by atoms with Gasteiger partial charge in [0.1, 0.15) is 6.54 Å². The van der Waals surface area contributed by atoms with Gasteiger partial charge in [0.25, 0.3) is 0 Å². The van der Waals surface area contributed by atoms with Gasteiger partial charge < -0.3 is 10.0 Å². The molecule has 0 spiro atoms. The Bertz CT molecular complexity index is 298. The van der Waals surface area contributed by atoms with E-state index in [1.165, 1.54) is 37.0 Å². The summed E-state index contributed by atoms with van der Waals surface area (Å²) in [6.07, 6.45) is 8.57. The predicted octanol–water partition coefficient (Wildman–Crippen LogP) is 3.06. The van der Waals surface area contributed by atoms with Crippen LogP contribution in [0.2, 0.25) is 0 Å². The van der Waals surface area contributed by atoms with E-state index >= 15 is 0 Å². The monoisotopic (exact) mass is 269 g/mol. The zero-order valence-electron chi connectivity index (χ0n) is 12.2. The number of nitrogens with zero attached hydrogens (tertiary/aromatic N) is 1. The molecule has 0 saturated heterocycles. The first-order chi connectivity index (χ1) is 9.04. The molecule has 1 fully saturated rings. The molecule has 0 radical (unpaired) electrons. The topological polar surface area (TPSA) is 57.6 Å². The summed E-state index contributed by atoms with van der Waals surface area (Å²) in [7, 11) is 0. The molecule has 1 atom stereocenters. The number of aliphatic carboxylic acids is 1. The third-order valence-corrected chi connectivity index (χ3v) is 4.24. The van der Waals surface area contributed by atoms with Crippen LogP contribution in [-0.4, -0.2) is 34.5 Å². The lowest BCUT2D eigenvalue weighted by molar-refractivity contribution is -0.146. The maximum atomic E-state index is 12.2. The van der Waals surface area contributed by atoms with Crippen LogP contribution in [0.4, 0.5) is 0 Å². The Morgan fingerprint density at radius 3 is 2.42 bits per heavy atom. The van der Waals surface area contributed by atoms with E-state index in [0.29, 0.717) is 12.3 Å². The van der Waals surface area contributed by atoms with Crippen molar-refractivity contribution in [2.24, 2.45) is 5.92 Å². The van der Waals surface area contributed by atoms with Crippen molar-refractivity contribution in [2.45, 2.75) is 71.3 Å². The lowest BCUT2D eigenvalue weighted by Crippen LogP contribution is -2.41. The molecule has 4 heteroatoms. The molecule has 0 heterocycles. The average molecular weight is 269 g/mol. The predicted molar refractivity (Wildman–Crippen MR) is 74.9 cm³/mol. The van der Waals surface area contributed by atoms with Crippen LogP contribution in [0.5, 0.6) is 0 Å². The SMILES string of the molecule is CCC(C)N(CC(=O)O)C(=O)CCC1CCCCC1. The van der Waals surface area contributed by atoms with Gasteiger partial charge in [-0.2, -0.15) is 0 Å². The summed E-state index contributed by atoms with van der Waals surface area (Å²) in [5.41, 5.74) is 0. The molecule has 0 aromatic rings. The van der Waals surface area contributed by atoms with Gasteiger partial charge in [0.2, 0.25) is 5.91 Å². The van der Waals surface area contributed by atoms with Gasteiger partial charge >= 0.3 is 5.97 Å². The number of carboxylic acids is 1. The Hall–Kier alpha value is -1.06. The largest absolute Gasteiger partial charge is 0.480 e. The fourth-order valence-electron chi connectivity index (χ4n) is 2.80. The molecule has 19 heavy (non-hydrogen) atoms. The summed E-state index contributed by atoms with van der Waals surface area (Å²) < 4.78 is 0. The second-order valence-corrected chi connectivity index (χ2v) is 5.72. The number of carbonyl (C=O) groups is 2. The lowest BCUT2D eigenvalue weighted by Gasteiger charge is -2.28. The van der Waals surface area contributed by atoms with E-state index in [-0.39, 0.29) is 18.5 Å². The number of hydrogen-bond donors (Lipinski definition) is 1. The van der Waals surface area contributed by atoms with E-state index in [2.05, 4.69) is 0 Å². The highest BCUT2D eigenvalue weighted by Gasteiger charge is 2.22. The molecule has 1 amide bonds. The third kappa shape index (κ3) is 5.62. The second-order valence-electron chi connectivity index (χ2n) is 5.72. The van der Waals surface area contributed by atoms with Crippen LogP contribution in [0.3, 0.4) is 0 Å². The van der Waals surface area contributed by atoms with E-state index in [0.717, 1.165) is 12.8 Å². The molecule has 0 aromatic carbocycles. The summed E-state index contributed by atoms with van der Waals surface area (Å²) in [5.74, 6) is -0.255. The van der Waals surface area contributed by atoms with Gasteiger partial charge in [0.05, 0.1) is 0 Å². The van der Waals surface area contributed by atoms with Crippen molar-refractivity contribution in [3.8, 4) is 0 Å². The molecule has 1 aliphatic rings. The highest BCUT2D eigenvalue weighted by molar-refractivity contribution is 5.81. The fourth-order valence-corrected chi connectivity index (χ4v) is 2.80. The quantitative estimate of drug-likeness (QED) is 0.772. The van der Waals surface area contributed by atoms with Crippen molar-refractivity contribution in [2.75, 3.05) is 6.54 Å². The number of amides is 1. The first kappa shape index (κ1) is 16.0. The standard InChI is InChI=1S/C15H27NO3/c1-3-12(2)16(11-15(18)19)14(17)10-9-13-7-5-4-6-8-13/h12-13H,3-11H2,1-2H3,(H,18,19). The number of hydrogen-bond acceptors (Lipinski definition) is 2. The molecule has 1 saturated carbocycles. The highest BCUT2D eigenvalue weighted by Crippen LogP contribution is 2.27. The van der Waals surface area contributed by atoms with Gasteiger partial charge in [-0.1, -0.05) is 39.0 Å². The maximum absolute atomic E-state index is 12.2. The number of rotatable bonds is 7. The zero-order chi connectivity index (χ0) is 14.3. The summed E-state index contributed by atoms with van der Waals surface area (Å²) in [6, 6.07) is 0.00922. The van der Waals surface area contributed by atoms with E-state index in [1.807, 2.05) is 13.8 Å². The van der Waals surface area contributed by atoms with Gasteiger partial charge in [-0.05, 0) is 25.7 Å². The van der Waals surface area contributed by atoms with Gasteiger partial charge in [-0.25, -0.2) is 0 Å². The van der Waals surface area contributed by atoms with Gasteiger partial charge in [-0.15, -0.1) is 0 Å². The minimum Gasteiger partial charge on any atom is -0.480 e. The Kier molecular flexibility index (Phi) is 6.89. The van der Waals surface area contributed by atoms with Crippen molar-refractivity contribution in [1.29, 1.82) is 0 Å². The number of carbonyl (C=O) groups excluding carboxylic acids is 1. The van der Waals surface area contributed by atoms with Crippen LogP contribution in [0.15, 0.2) is 0 Å². The molecule has 0 aliphatic heterocycles. The van der Waals surface area contributed by atoms with Crippen LogP contribution >= 0.6 is 0 Å². The molecule has 0 bridgehead atoms. The Balaban J connectivity index is 2.43. The summed E-state index contributed by atoms with van der Waals surface area (Å²) in [4.78, 5) is 24.5. The molecular formula is C15H27NO3.